The van der Waals surface area contributed by atoms with Gasteiger partial charge >= 0.3 is 0 Å². The second kappa shape index (κ2) is 7.31. The van der Waals surface area contributed by atoms with Gasteiger partial charge < -0.3 is 9.64 Å². The van der Waals surface area contributed by atoms with Crippen molar-refractivity contribution in [2.45, 2.75) is 33.2 Å². The molecular weight excluding hydrogens is 290 g/mol. The molecule has 0 bridgehead atoms. The fraction of sp³-hybridized carbons (Fsp3) is 0.444. The quantitative estimate of drug-likeness (QED) is 0.823. The zero-order chi connectivity index (χ0) is 17.0. The summed E-state index contributed by atoms with van der Waals surface area (Å²) in [6.45, 7) is 7.17. The molecule has 0 saturated carbocycles. The van der Waals surface area contributed by atoms with Crippen LogP contribution < -0.4 is 4.74 Å². The van der Waals surface area contributed by atoms with Gasteiger partial charge in [0.1, 0.15) is 5.75 Å². The minimum Gasteiger partial charge on any atom is -0.497 e. The van der Waals surface area contributed by atoms with Crippen LogP contribution in [-0.2, 0) is 18.4 Å². The van der Waals surface area contributed by atoms with Gasteiger partial charge in [-0.2, -0.15) is 5.10 Å². The van der Waals surface area contributed by atoms with Crippen molar-refractivity contribution < 1.29 is 9.53 Å². The maximum Gasteiger partial charge on any atom is 0.230 e. The van der Waals surface area contributed by atoms with Crippen molar-refractivity contribution in [3.63, 3.8) is 0 Å². The van der Waals surface area contributed by atoms with Gasteiger partial charge in [0.2, 0.25) is 5.91 Å². The van der Waals surface area contributed by atoms with Crippen LogP contribution in [0.3, 0.4) is 0 Å². The third-order valence-electron chi connectivity index (χ3n) is 4.11. The van der Waals surface area contributed by atoms with Crippen LogP contribution in [0.1, 0.15) is 36.6 Å². The molecule has 0 aliphatic heterocycles. The van der Waals surface area contributed by atoms with Gasteiger partial charge in [-0.3, -0.25) is 9.48 Å². The fourth-order valence-electron chi connectivity index (χ4n) is 2.75. The molecule has 1 amide bonds. The van der Waals surface area contributed by atoms with E-state index in [1.165, 1.54) is 0 Å². The van der Waals surface area contributed by atoms with Crippen LogP contribution in [0.15, 0.2) is 30.5 Å². The molecule has 1 atom stereocenters. The monoisotopic (exact) mass is 315 g/mol. The third kappa shape index (κ3) is 3.92. The number of rotatable bonds is 6. The van der Waals surface area contributed by atoms with Gasteiger partial charge in [0.15, 0.2) is 0 Å². The lowest BCUT2D eigenvalue weighted by Gasteiger charge is -2.24. The predicted molar refractivity (Wildman–Crippen MR) is 90.4 cm³/mol. The largest absolute Gasteiger partial charge is 0.497 e. The molecule has 1 unspecified atom stereocenters. The van der Waals surface area contributed by atoms with E-state index in [9.17, 15) is 4.79 Å². The number of methoxy groups -OCH3 is 1. The predicted octanol–water partition coefficient (Wildman–Crippen LogP) is 2.89. The summed E-state index contributed by atoms with van der Waals surface area (Å²) in [6, 6.07) is 7.83. The molecule has 2 aromatic rings. The number of hydrogen-bond donors (Lipinski definition) is 0. The number of carbonyl (C=O) groups excluding carboxylic acids is 1. The minimum absolute atomic E-state index is 0.124. The molecule has 2 rings (SSSR count). The van der Waals surface area contributed by atoms with Crippen LogP contribution in [-0.4, -0.2) is 34.2 Å². The smallest absolute Gasteiger partial charge is 0.230 e. The summed E-state index contributed by atoms with van der Waals surface area (Å²) in [5, 5.41) is 4.33. The highest BCUT2D eigenvalue weighted by atomic mass is 16.5. The zero-order valence-corrected chi connectivity index (χ0v) is 14.5. The standard InChI is InChI=1S/C18H25N3O2/c1-6-21(11-15-7-9-16(23-5)10-8-15)18(22)13(2)17-12-20(4)19-14(17)3/h7-10,12-13H,6,11H2,1-5H3. The Hall–Kier alpha value is -2.30. The van der Waals surface area contributed by atoms with Crippen molar-refractivity contribution in [2.75, 3.05) is 13.7 Å². The van der Waals surface area contributed by atoms with Crippen LogP contribution in [0.25, 0.3) is 0 Å². The molecule has 5 heteroatoms. The van der Waals surface area contributed by atoms with Crippen LogP contribution in [0, 0.1) is 6.92 Å². The number of amides is 1. The van der Waals surface area contributed by atoms with Gasteiger partial charge in [0.05, 0.1) is 18.7 Å². The minimum atomic E-state index is -0.193. The first-order valence-electron chi connectivity index (χ1n) is 7.88. The number of aryl methyl sites for hydroxylation is 2. The van der Waals surface area contributed by atoms with Crippen LogP contribution in [0.2, 0.25) is 0 Å². The van der Waals surface area contributed by atoms with Crippen LogP contribution in [0.5, 0.6) is 5.75 Å². The second-order valence-electron chi connectivity index (χ2n) is 5.77. The number of ether oxygens (including phenoxy) is 1. The highest BCUT2D eigenvalue weighted by Gasteiger charge is 2.24. The highest BCUT2D eigenvalue weighted by molar-refractivity contribution is 5.83. The number of likely N-dealkylation sites (N-methyl/N-ethyl adjacent to an activating group) is 1. The Bertz CT molecular complexity index is 661. The molecule has 0 N–H and O–H groups in total. The van der Waals surface area contributed by atoms with Crippen molar-refractivity contribution in [1.29, 1.82) is 0 Å². The molecular formula is C18H25N3O2. The van der Waals surface area contributed by atoms with Gasteiger partial charge in [-0.1, -0.05) is 12.1 Å². The summed E-state index contributed by atoms with van der Waals surface area (Å²) < 4.78 is 6.93. The Morgan fingerprint density at radius 3 is 2.48 bits per heavy atom. The average molecular weight is 315 g/mol. The van der Waals surface area contributed by atoms with Gasteiger partial charge in [-0.15, -0.1) is 0 Å². The van der Waals surface area contributed by atoms with Crippen molar-refractivity contribution in [3.05, 3.63) is 47.3 Å². The lowest BCUT2D eigenvalue weighted by atomic mass is 10.0. The lowest BCUT2D eigenvalue weighted by Crippen LogP contribution is -2.33. The Balaban J connectivity index is 2.12. The average Bonchev–Trinajstić information content (AvgIpc) is 2.90. The molecule has 0 aliphatic carbocycles. The maximum atomic E-state index is 12.8. The number of aromatic nitrogens is 2. The molecule has 124 valence electrons. The molecule has 1 aromatic heterocycles. The number of hydrogen-bond acceptors (Lipinski definition) is 3. The number of benzene rings is 1. The van der Waals surface area contributed by atoms with Crippen molar-refractivity contribution in [1.82, 2.24) is 14.7 Å². The van der Waals surface area contributed by atoms with Crippen molar-refractivity contribution in [3.8, 4) is 5.75 Å². The van der Waals surface area contributed by atoms with Crippen molar-refractivity contribution >= 4 is 5.91 Å². The SMILES string of the molecule is CCN(Cc1ccc(OC)cc1)C(=O)C(C)c1cn(C)nc1C. The summed E-state index contributed by atoms with van der Waals surface area (Å²) in [6.07, 6.45) is 1.93. The van der Waals surface area contributed by atoms with E-state index in [1.807, 2.05) is 63.2 Å². The molecule has 0 fully saturated rings. The summed E-state index contributed by atoms with van der Waals surface area (Å²) in [5.41, 5.74) is 3.00. The number of carbonyl (C=O) groups is 1. The summed E-state index contributed by atoms with van der Waals surface area (Å²) in [7, 11) is 3.53. The van der Waals surface area contributed by atoms with Crippen LogP contribution in [0.4, 0.5) is 0 Å². The summed E-state index contributed by atoms with van der Waals surface area (Å²) >= 11 is 0. The zero-order valence-electron chi connectivity index (χ0n) is 14.5. The van der Waals surface area contributed by atoms with Crippen molar-refractivity contribution in [2.24, 2.45) is 7.05 Å². The molecule has 23 heavy (non-hydrogen) atoms. The fourth-order valence-corrected chi connectivity index (χ4v) is 2.75. The normalized spacial score (nSPS) is 12.0. The third-order valence-corrected chi connectivity index (χ3v) is 4.11. The first-order chi connectivity index (χ1) is 11.0. The van der Waals surface area contributed by atoms with E-state index in [1.54, 1.807) is 11.8 Å². The Morgan fingerprint density at radius 2 is 2.00 bits per heavy atom. The molecule has 0 saturated heterocycles. The van der Waals surface area contributed by atoms with Gasteiger partial charge in [0, 0.05) is 31.9 Å². The van der Waals surface area contributed by atoms with E-state index in [-0.39, 0.29) is 11.8 Å². The lowest BCUT2D eigenvalue weighted by molar-refractivity contribution is -0.132. The van der Waals surface area contributed by atoms with Gasteiger partial charge in [0.25, 0.3) is 0 Å². The molecule has 1 heterocycles. The highest BCUT2D eigenvalue weighted by Crippen LogP contribution is 2.22. The molecule has 0 aliphatic rings. The Kier molecular flexibility index (Phi) is 5.42. The summed E-state index contributed by atoms with van der Waals surface area (Å²) in [4.78, 5) is 14.7. The van der Waals surface area contributed by atoms with E-state index in [4.69, 9.17) is 4.74 Å². The Morgan fingerprint density at radius 1 is 1.35 bits per heavy atom. The first-order valence-corrected chi connectivity index (χ1v) is 7.88. The van der Waals surface area contributed by atoms with E-state index >= 15 is 0 Å². The Labute approximate surface area is 137 Å². The van der Waals surface area contributed by atoms with E-state index in [2.05, 4.69) is 5.10 Å². The first kappa shape index (κ1) is 17.1. The number of nitrogens with zero attached hydrogens (tertiary/aromatic N) is 3. The molecule has 1 aromatic carbocycles. The molecule has 0 radical (unpaired) electrons. The second-order valence-corrected chi connectivity index (χ2v) is 5.77. The maximum absolute atomic E-state index is 12.8. The van der Waals surface area contributed by atoms with Gasteiger partial charge in [-0.25, -0.2) is 0 Å². The van der Waals surface area contributed by atoms with E-state index < -0.39 is 0 Å². The van der Waals surface area contributed by atoms with Crippen LogP contribution >= 0.6 is 0 Å². The molecule has 5 nitrogen and oxygen atoms in total. The topological polar surface area (TPSA) is 47.4 Å². The molecule has 0 spiro atoms. The summed E-state index contributed by atoms with van der Waals surface area (Å²) in [5.74, 6) is 0.754. The van der Waals surface area contributed by atoms with Gasteiger partial charge in [-0.05, 0) is 38.5 Å². The van der Waals surface area contributed by atoms with E-state index in [0.29, 0.717) is 13.1 Å². The van der Waals surface area contributed by atoms with E-state index in [0.717, 1.165) is 22.6 Å².